The summed E-state index contributed by atoms with van der Waals surface area (Å²) in [5, 5.41) is 14.8. The van der Waals surface area contributed by atoms with Gasteiger partial charge in [0.1, 0.15) is 5.75 Å². The van der Waals surface area contributed by atoms with Gasteiger partial charge in [0.25, 0.3) is 5.91 Å². The Bertz CT molecular complexity index is 771. The van der Waals surface area contributed by atoms with Crippen molar-refractivity contribution < 1.29 is 19.4 Å². The quantitative estimate of drug-likeness (QED) is 0.566. The fourth-order valence-corrected chi connectivity index (χ4v) is 2.32. The van der Waals surface area contributed by atoms with E-state index in [-0.39, 0.29) is 12.8 Å². The number of aliphatic carboxylic acids is 1. The molecule has 0 aliphatic rings. The Labute approximate surface area is 153 Å². The van der Waals surface area contributed by atoms with E-state index in [9.17, 15) is 14.7 Å². The number of ether oxygens (including phenoxy) is 1. The van der Waals surface area contributed by atoms with Crippen molar-refractivity contribution >= 4 is 33.5 Å². The molecule has 0 radical (unpaired) electrons. The number of amides is 1. The number of halogens is 1. The lowest BCUT2D eigenvalue weighted by Crippen LogP contribution is -2.24. The molecule has 0 heterocycles. The molecule has 0 saturated carbocycles. The number of nitrogens with zero attached hydrogens (tertiary/aromatic N) is 1. The molecule has 0 aromatic heterocycles. The minimum atomic E-state index is -1.17. The summed E-state index contributed by atoms with van der Waals surface area (Å²) in [5.74, 6) is -0.929. The zero-order chi connectivity index (χ0) is 18.2. The highest BCUT2D eigenvalue weighted by Gasteiger charge is 2.08. The largest absolute Gasteiger partial charge is 0.550 e. The first-order valence-electron chi connectivity index (χ1n) is 7.46. The second kappa shape index (κ2) is 8.98. The van der Waals surface area contributed by atoms with Gasteiger partial charge in [0.2, 0.25) is 0 Å². The van der Waals surface area contributed by atoms with Crippen LogP contribution in [-0.4, -0.2) is 24.7 Å². The predicted molar refractivity (Wildman–Crippen MR) is 95.4 cm³/mol. The average Bonchev–Trinajstić information content (AvgIpc) is 2.62. The molecule has 1 N–H and O–H groups in total. The number of hydrogen-bond acceptors (Lipinski definition) is 5. The van der Waals surface area contributed by atoms with E-state index in [0.717, 1.165) is 10.0 Å². The predicted octanol–water partition coefficient (Wildman–Crippen LogP) is 2.12. The highest BCUT2D eigenvalue weighted by atomic mass is 79.9. The number of carbonyl (C=O) groups excluding carboxylic acids is 2. The summed E-state index contributed by atoms with van der Waals surface area (Å²) in [4.78, 5) is 22.9. The van der Waals surface area contributed by atoms with Crippen LogP contribution in [0.25, 0.3) is 0 Å². The van der Waals surface area contributed by atoms with Crippen LogP contribution in [0.15, 0.2) is 58.1 Å². The summed E-state index contributed by atoms with van der Waals surface area (Å²) in [6.45, 7) is 0. The van der Waals surface area contributed by atoms with Crippen LogP contribution in [0.1, 0.15) is 28.8 Å². The molecule has 0 aliphatic heterocycles. The Morgan fingerprint density at radius 3 is 2.20 bits per heavy atom. The van der Waals surface area contributed by atoms with E-state index in [1.54, 1.807) is 43.5 Å². The van der Waals surface area contributed by atoms with Crippen LogP contribution in [0.4, 0.5) is 0 Å². The molecule has 2 aromatic carbocycles. The fourth-order valence-electron chi connectivity index (χ4n) is 2.05. The molecule has 25 heavy (non-hydrogen) atoms. The van der Waals surface area contributed by atoms with Crippen LogP contribution >= 0.6 is 15.9 Å². The third-order valence-corrected chi connectivity index (χ3v) is 3.92. The Morgan fingerprint density at radius 1 is 1.04 bits per heavy atom. The number of benzene rings is 2. The molecule has 6 nitrogen and oxygen atoms in total. The first kappa shape index (κ1) is 18.7. The van der Waals surface area contributed by atoms with Crippen molar-refractivity contribution in [3.63, 3.8) is 0 Å². The third-order valence-electron chi connectivity index (χ3n) is 3.39. The van der Waals surface area contributed by atoms with Gasteiger partial charge < -0.3 is 14.6 Å². The van der Waals surface area contributed by atoms with Crippen LogP contribution in [0.2, 0.25) is 0 Å². The normalized spacial score (nSPS) is 11.0. The van der Waals surface area contributed by atoms with Gasteiger partial charge in [-0.3, -0.25) is 4.79 Å². The number of rotatable bonds is 7. The monoisotopic (exact) mass is 403 g/mol. The Morgan fingerprint density at radius 2 is 1.64 bits per heavy atom. The van der Waals surface area contributed by atoms with Crippen molar-refractivity contribution in [1.82, 2.24) is 5.43 Å². The van der Waals surface area contributed by atoms with Crippen molar-refractivity contribution in [1.29, 1.82) is 0 Å². The number of carbonyl (C=O) groups is 2. The maximum absolute atomic E-state index is 12.2. The van der Waals surface area contributed by atoms with Gasteiger partial charge in [-0.05, 0) is 54.8 Å². The van der Waals surface area contributed by atoms with Gasteiger partial charge in [-0.2, -0.15) is 5.10 Å². The Balaban J connectivity index is 2.15. The van der Waals surface area contributed by atoms with Gasteiger partial charge in [0.05, 0.1) is 12.8 Å². The number of hydrazone groups is 1. The van der Waals surface area contributed by atoms with E-state index in [4.69, 9.17) is 4.74 Å². The summed E-state index contributed by atoms with van der Waals surface area (Å²) < 4.78 is 5.93. The maximum atomic E-state index is 12.2. The maximum Gasteiger partial charge on any atom is 0.271 e. The SMILES string of the molecule is COc1ccc(C(=O)N/N=C(/CCC(=O)[O-])c2ccc(Br)cc2)cc1. The first-order valence-corrected chi connectivity index (χ1v) is 8.25. The molecule has 7 heteroatoms. The number of methoxy groups -OCH3 is 1. The lowest BCUT2D eigenvalue weighted by molar-refractivity contribution is -0.305. The summed E-state index contributed by atoms with van der Waals surface area (Å²) in [6, 6.07) is 13.8. The Kier molecular flexibility index (Phi) is 6.71. The van der Waals surface area contributed by atoms with Crippen LogP contribution in [-0.2, 0) is 4.79 Å². The standard InChI is InChI=1S/C18H17BrN2O4/c1-25-15-8-4-13(5-9-15)18(24)21-20-16(10-11-17(22)23)12-2-6-14(19)7-3-12/h2-9H,10-11H2,1H3,(H,21,24)(H,22,23)/p-1/b20-16-. The van der Waals surface area contributed by atoms with Gasteiger partial charge in [-0.25, -0.2) is 5.43 Å². The second-order valence-corrected chi connectivity index (χ2v) is 6.02. The van der Waals surface area contributed by atoms with Crippen molar-refractivity contribution in [2.24, 2.45) is 5.10 Å². The van der Waals surface area contributed by atoms with Crippen molar-refractivity contribution in [2.45, 2.75) is 12.8 Å². The molecule has 0 saturated heterocycles. The second-order valence-electron chi connectivity index (χ2n) is 5.11. The molecule has 0 bridgehead atoms. The average molecular weight is 404 g/mol. The van der Waals surface area contributed by atoms with Crippen molar-refractivity contribution in [2.75, 3.05) is 7.11 Å². The fraction of sp³-hybridized carbons (Fsp3) is 0.167. The molecular weight excluding hydrogens is 388 g/mol. The van der Waals surface area contributed by atoms with E-state index in [1.807, 2.05) is 12.1 Å². The minimum Gasteiger partial charge on any atom is -0.550 e. The van der Waals surface area contributed by atoms with Crippen LogP contribution < -0.4 is 15.3 Å². The van der Waals surface area contributed by atoms with E-state index in [0.29, 0.717) is 17.0 Å². The van der Waals surface area contributed by atoms with Gasteiger partial charge >= 0.3 is 0 Å². The van der Waals surface area contributed by atoms with E-state index >= 15 is 0 Å². The molecule has 2 aromatic rings. The molecule has 0 atom stereocenters. The molecular formula is C18H16BrN2O4-. The lowest BCUT2D eigenvalue weighted by Gasteiger charge is -2.09. The summed E-state index contributed by atoms with van der Waals surface area (Å²) in [5.41, 5.74) is 4.05. The topological polar surface area (TPSA) is 90.8 Å². The number of carboxylic acid groups (broad SMARTS) is 1. The van der Waals surface area contributed by atoms with E-state index < -0.39 is 11.9 Å². The molecule has 2 rings (SSSR count). The van der Waals surface area contributed by atoms with Gasteiger partial charge in [0, 0.05) is 16.0 Å². The number of nitrogens with one attached hydrogen (secondary N) is 1. The van der Waals surface area contributed by atoms with E-state index in [2.05, 4.69) is 26.5 Å². The number of hydrogen-bond donors (Lipinski definition) is 1. The third kappa shape index (κ3) is 5.72. The smallest absolute Gasteiger partial charge is 0.271 e. The zero-order valence-electron chi connectivity index (χ0n) is 13.5. The minimum absolute atomic E-state index is 0.146. The van der Waals surface area contributed by atoms with Crippen molar-refractivity contribution in [3.05, 3.63) is 64.1 Å². The summed E-state index contributed by atoms with van der Waals surface area (Å²) >= 11 is 3.34. The first-order chi connectivity index (χ1) is 12.0. The molecule has 1 amide bonds. The highest BCUT2D eigenvalue weighted by Crippen LogP contribution is 2.14. The summed E-state index contributed by atoms with van der Waals surface area (Å²) in [6.07, 6.45) is -0.0415. The van der Waals surface area contributed by atoms with Gasteiger partial charge in [-0.15, -0.1) is 0 Å². The van der Waals surface area contributed by atoms with Crippen LogP contribution in [0.5, 0.6) is 5.75 Å². The zero-order valence-corrected chi connectivity index (χ0v) is 15.1. The number of carboxylic acids is 1. The Hall–Kier alpha value is -2.67. The highest BCUT2D eigenvalue weighted by molar-refractivity contribution is 9.10. The van der Waals surface area contributed by atoms with Gasteiger partial charge in [0.15, 0.2) is 0 Å². The molecule has 0 unspecified atom stereocenters. The summed E-state index contributed by atoms with van der Waals surface area (Å²) in [7, 11) is 1.54. The van der Waals surface area contributed by atoms with E-state index in [1.165, 1.54) is 0 Å². The van der Waals surface area contributed by atoms with Crippen LogP contribution in [0.3, 0.4) is 0 Å². The lowest BCUT2D eigenvalue weighted by atomic mass is 10.1. The molecule has 0 spiro atoms. The van der Waals surface area contributed by atoms with Crippen molar-refractivity contribution in [3.8, 4) is 5.75 Å². The molecule has 0 aliphatic carbocycles. The molecule has 130 valence electrons. The molecule has 0 fully saturated rings. The van der Waals surface area contributed by atoms with Gasteiger partial charge in [-0.1, -0.05) is 28.1 Å². The van der Waals surface area contributed by atoms with Crippen LogP contribution in [0, 0.1) is 0 Å².